The van der Waals surface area contributed by atoms with Gasteiger partial charge in [0.2, 0.25) is 0 Å². The molecule has 0 N–H and O–H groups in total. The number of nitrogens with zero attached hydrogens (tertiary/aromatic N) is 3. The van der Waals surface area contributed by atoms with Gasteiger partial charge in [0.25, 0.3) is 0 Å². The average Bonchev–Trinajstić information content (AvgIpc) is 3.01. The van der Waals surface area contributed by atoms with Gasteiger partial charge < -0.3 is 4.57 Å². The summed E-state index contributed by atoms with van der Waals surface area (Å²) in [6, 6.07) is 12.1. The van der Waals surface area contributed by atoms with Crippen molar-refractivity contribution in [2.75, 3.05) is 0 Å². The van der Waals surface area contributed by atoms with Crippen molar-refractivity contribution >= 4 is 11.3 Å². The van der Waals surface area contributed by atoms with E-state index >= 15 is 0 Å². The van der Waals surface area contributed by atoms with Gasteiger partial charge in [0.1, 0.15) is 0 Å². The zero-order chi connectivity index (χ0) is 13.0. The standard InChI is InChI=1S/C14H13N3S/c1-2-7-17-12(11(9-15)10-16)5-6-13(17)14-4-3-8-18-14/h3-6,8,11H,2,7H2,1H3. The fourth-order valence-electron chi connectivity index (χ4n) is 2.01. The van der Waals surface area contributed by atoms with E-state index in [1.807, 2.05) is 35.7 Å². The second-order valence-electron chi connectivity index (χ2n) is 3.96. The Morgan fingerprint density at radius 2 is 2.06 bits per heavy atom. The van der Waals surface area contributed by atoms with Gasteiger partial charge in [-0.05, 0) is 30.0 Å². The van der Waals surface area contributed by atoms with E-state index in [1.165, 1.54) is 4.88 Å². The van der Waals surface area contributed by atoms with E-state index in [0.29, 0.717) is 0 Å². The quantitative estimate of drug-likeness (QED) is 0.835. The maximum atomic E-state index is 9.03. The summed E-state index contributed by atoms with van der Waals surface area (Å²) in [5.41, 5.74) is 1.89. The average molecular weight is 255 g/mol. The second-order valence-corrected chi connectivity index (χ2v) is 4.91. The van der Waals surface area contributed by atoms with Crippen molar-refractivity contribution in [1.82, 2.24) is 4.57 Å². The van der Waals surface area contributed by atoms with E-state index < -0.39 is 5.92 Å². The first kappa shape index (κ1) is 12.4. The molecule has 2 aromatic rings. The summed E-state index contributed by atoms with van der Waals surface area (Å²) >= 11 is 1.67. The van der Waals surface area contributed by atoms with Crippen LogP contribution >= 0.6 is 11.3 Å². The van der Waals surface area contributed by atoms with Crippen LogP contribution in [0, 0.1) is 22.7 Å². The molecule has 3 nitrogen and oxygen atoms in total. The lowest BCUT2D eigenvalue weighted by Crippen LogP contribution is -2.06. The van der Waals surface area contributed by atoms with Crippen LogP contribution in [-0.4, -0.2) is 4.57 Å². The molecule has 0 aliphatic rings. The molecule has 0 unspecified atom stereocenters. The predicted octanol–water partition coefficient (Wildman–Crippen LogP) is 3.76. The van der Waals surface area contributed by atoms with Gasteiger partial charge in [-0.3, -0.25) is 0 Å². The van der Waals surface area contributed by atoms with Crippen molar-refractivity contribution in [3.8, 4) is 22.7 Å². The third-order valence-corrected chi connectivity index (χ3v) is 3.68. The van der Waals surface area contributed by atoms with Gasteiger partial charge in [-0.15, -0.1) is 11.3 Å². The third-order valence-electron chi connectivity index (χ3n) is 2.79. The minimum atomic E-state index is -0.690. The molecule has 0 fully saturated rings. The normalized spacial score (nSPS) is 10.2. The lowest BCUT2D eigenvalue weighted by atomic mass is 10.1. The lowest BCUT2D eigenvalue weighted by Gasteiger charge is -2.11. The van der Waals surface area contributed by atoms with Crippen LogP contribution in [0.2, 0.25) is 0 Å². The Bertz CT molecular complexity index is 582. The Morgan fingerprint density at radius 1 is 1.28 bits per heavy atom. The molecule has 0 atom stereocenters. The number of rotatable bonds is 4. The molecule has 0 radical (unpaired) electrons. The smallest absolute Gasteiger partial charge is 0.173 e. The Kier molecular flexibility index (Phi) is 3.82. The topological polar surface area (TPSA) is 52.5 Å². The molecule has 90 valence electrons. The third kappa shape index (κ3) is 2.16. The molecule has 0 aliphatic carbocycles. The van der Waals surface area contributed by atoms with Gasteiger partial charge >= 0.3 is 0 Å². The van der Waals surface area contributed by atoms with E-state index in [0.717, 1.165) is 24.4 Å². The van der Waals surface area contributed by atoms with Crippen LogP contribution in [0.5, 0.6) is 0 Å². The summed E-state index contributed by atoms with van der Waals surface area (Å²) in [5, 5.41) is 20.1. The van der Waals surface area contributed by atoms with Gasteiger partial charge in [0, 0.05) is 12.2 Å². The first-order chi connectivity index (χ1) is 8.81. The largest absolute Gasteiger partial charge is 0.342 e. The van der Waals surface area contributed by atoms with Crippen molar-refractivity contribution in [2.24, 2.45) is 0 Å². The molecular formula is C14H13N3S. The lowest BCUT2D eigenvalue weighted by molar-refractivity contribution is 0.657. The van der Waals surface area contributed by atoms with Gasteiger partial charge in [0.15, 0.2) is 5.92 Å². The molecule has 0 amide bonds. The van der Waals surface area contributed by atoms with Crippen molar-refractivity contribution in [3.05, 3.63) is 35.3 Å². The molecular weight excluding hydrogens is 242 g/mol. The van der Waals surface area contributed by atoms with E-state index in [9.17, 15) is 0 Å². The molecule has 2 rings (SSSR count). The minimum absolute atomic E-state index is 0.690. The van der Waals surface area contributed by atoms with Gasteiger partial charge in [-0.25, -0.2) is 0 Å². The zero-order valence-corrected chi connectivity index (χ0v) is 10.9. The first-order valence-electron chi connectivity index (χ1n) is 5.84. The van der Waals surface area contributed by atoms with Crippen LogP contribution in [0.3, 0.4) is 0 Å². The molecule has 0 saturated carbocycles. The van der Waals surface area contributed by atoms with E-state index in [-0.39, 0.29) is 0 Å². The van der Waals surface area contributed by atoms with E-state index in [1.54, 1.807) is 11.3 Å². The van der Waals surface area contributed by atoms with Crippen LogP contribution in [0.15, 0.2) is 29.6 Å². The summed E-state index contributed by atoms with van der Waals surface area (Å²) in [6.07, 6.45) is 0.976. The van der Waals surface area contributed by atoms with Crippen LogP contribution in [-0.2, 0) is 6.54 Å². The van der Waals surface area contributed by atoms with Crippen LogP contribution in [0.4, 0.5) is 0 Å². The Balaban J connectivity index is 2.51. The highest BCUT2D eigenvalue weighted by atomic mass is 32.1. The number of hydrogen-bond acceptors (Lipinski definition) is 3. The maximum absolute atomic E-state index is 9.03. The first-order valence-corrected chi connectivity index (χ1v) is 6.72. The van der Waals surface area contributed by atoms with Crippen molar-refractivity contribution in [3.63, 3.8) is 0 Å². The highest BCUT2D eigenvalue weighted by Gasteiger charge is 2.17. The predicted molar refractivity (Wildman–Crippen MR) is 72.0 cm³/mol. The summed E-state index contributed by atoms with van der Waals surface area (Å²) in [5.74, 6) is -0.690. The summed E-state index contributed by atoms with van der Waals surface area (Å²) in [7, 11) is 0. The fourth-order valence-corrected chi connectivity index (χ4v) is 2.77. The number of nitriles is 2. The molecule has 2 aromatic heterocycles. The molecule has 0 bridgehead atoms. The molecule has 0 saturated heterocycles. The summed E-state index contributed by atoms with van der Waals surface area (Å²) < 4.78 is 2.09. The Morgan fingerprint density at radius 3 is 2.61 bits per heavy atom. The highest BCUT2D eigenvalue weighted by Crippen LogP contribution is 2.29. The molecule has 0 aliphatic heterocycles. The minimum Gasteiger partial charge on any atom is -0.342 e. The molecule has 0 spiro atoms. The zero-order valence-electron chi connectivity index (χ0n) is 10.1. The van der Waals surface area contributed by atoms with Gasteiger partial charge in [-0.1, -0.05) is 13.0 Å². The number of hydrogen-bond donors (Lipinski definition) is 0. The SMILES string of the molecule is CCCn1c(-c2cccs2)ccc1C(C#N)C#N. The molecule has 18 heavy (non-hydrogen) atoms. The number of aromatic nitrogens is 1. The fraction of sp³-hybridized carbons (Fsp3) is 0.286. The van der Waals surface area contributed by atoms with Crippen LogP contribution in [0.25, 0.3) is 10.6 Å². The van der Waals surface area contributed by atoms with Crippen molar-refractivity contribution in [2.45, 2.75) is 25.8 Å². The Labute approximate surface area is 111 Å². The summed E-state index contributed by atoms with van der Waals surface area (Å²) in [6.45, 7) is 2.92. The van der Waals surface area contributed by atoms with Gasteiger partial charge in [0.05, 0.1) is 22.7 Å². The molecule has 0 aromatic carbocycles. The molecule has 2 heterocycles. The maximum Gasteiger partial charge on any atom is 0.173 e. The van der Waals surface area contributed by atoms with Gasteiger partial charge in [-0.2, -0.15) is 10.5 Å². The highest BCUT2D eigenvalue weighted by molar-refractivity contribution is 7.13. The van der Waals surface area contributed by atoms with Crippen molar-refractivity contribution in [1.29, 1.82) is 10.5 Å². The summed E-state index contributed by atoms with van der Waals surface area (Å²) in [4.78, 5) is 1.17. The monoisotopic (exact) mass is 255 g/mol. The van der Waals surface area contributed by atoms with Crippen LogP contribution in [0.1, 0.15) is 25.0 Å². The molecule has 4 heteroatoms. The number of thiophene rings is 1. The van der Waals surface area contributed by atoms with Crippen molar-refractivity contribution < 1.29 is 0 Å². The van der Waals surface area contributed by atoms with Crippen LogP contribution < -0.4 is 0 Å². The van der Waals surface area contributed by atoms with E-state index in [2.05, 4.69) is 17.6 Å². The Hall–Kier alpha value is -2.04. The van der Waals surface area contributed by atoms with E-state index in [4.69, 9.17) is 10.5 Å². The second kappa shape index (κ2) is 5.53.